The lowest BCUT2D eigenvalue weighted by Gasteiger charge is -2.17. The van der Waals surface area contributed by atoms with E-state index in [9.17, 15) is 9.59 Å². The fourth-order valence-electron chi connectivity index (χ4n) is 2.14. The largest absolute Gasteiger partial charge is 0.370 e. The van der Waals surface area contributed by atoms with E-state index in [4.69, 9.17) is 22.6 Å². The summed E-state index contributed by atoms with van der Waals surface area (Å²) >= 11 is 0. The van der Waals surface area contributed by atoms with E-state index in [1.54, 1.807) is 0 Å². The first-order valence-corrected chi connectivity index (χ1v) is 7.12. The molecule has 22 heavy (non-hydrogen) atoms. The first-order chi connectivity index (χ1) is 10.4. The highest BCUT2D eigenvalue weighted by Crippen LogP contribution is 2.12. The minimum absolute atomic E-state index is 0.126. The molecule has 2 atom stereocenters. The third-order valence-electron chi connectivity index (χ3n) is 3.34. The number of nitrogens with one attached hydrogen (secondary N) is 2. The van der Waals surface area contributed by atoms with E-state index < -0.39 is 17.9 Å². The standard InChI is InChI=1S/C15H23N5O2/c16-12(7-4-8-20-15(18)19)13(21)11(14(17)22)9-10-5-2-1-3-6-10/h1-3,5-6,11-12H,4,7-9,16H2,(H2,17,22)(H4,18,19,20). The van der Waals surface area contributed by atoms with E-state index in [2.05, 4.69) is 5.32 Å². The highest BCUT2D eigenvalue weighted by atomic mass is 16.2. The van der Waals surface area contributed by atoms with Crippen molar-refractivity contribution in [3.05, 3.63) is 35.9 Å². The highest BCUT2D eigenvalue weighted by molar-refractivity contribution is 6.03. The summed E-state index contributed by atoms with van der Waals surface area (Å²) in [4.78, 5) is 23.9. The highest BCUT2D eigenvalue weighted by Gasteiger charge is 2.28. The van der Waals surface area contributed by atoms with Gasteiger partial charge in [0.1, 0.15) is 5.92 Å². The van der Waals surface area contributed by atoms with Gasteiger partial charge in [-0.15, -0.1) is 0 Å². The number of carbonyl (C=O) groups is 2. The molecule has 120 valence electrons. The zero-order valence-corrected chi connectivity index (χ0v) is 12.4. The first kappa shape index (κ1) is 17.6. The van der Waals surface area contributed by atoms with Crippen LogP contribution >= 0.6 is 0 Å². The molecule has 0 aliphatic carbocycles. The Morgan fingerprint density at radius 3 is 2.36 bits per heavy atom. The summed E-state index contributed by atoms with van der Waals surface area (Å²) in [6.45, 7) is 0.455. The fraction of sp³-hybridized carbons (Fsp3) is 0.400. The van der Waals surface area contributed by atoms with Gasteiger partial charge in [-0.1, -0.05) is 30.3 Å². The molecule has 0 aliphatic heterocycles. The van der Waals surface area contributed by atoms with E-state index in [0.717, 1.165) is 5.56 Å². The number of guanidine groups is 1. The molecule has 8 N–H and O–H groups in total. The van der Waals surface area contributed by atoms with E-state index in [-0.39, 0.29) is 18.2 Å². The summed E-state index contributed by atoms with van der Waals surface area (Å²) in [5, 5.41) is 9.66. The molecule has 0 aromatic heterocycles. The van der Waals surface area contributed by atoms with Crippen molar-refractivity contribution in [3.8, 4) is 0 Å². The molecule has 1 aromatic carbocycles. The van der Waals surface area contributed by atoms with Crippen LogP contribution in [0.5, 0.6) is 0 Å². The van der Waals surface area contributed by atoms with Crippen LogP contribution in [0, 0.1) is 11.3 Å². The number of rotatable bonds is 9. The molecule has 0 aliphatic rings. The zero-order chi connectivity index (χ0) is 16.5. The lowest BCUT2D eigenvalue weighted by atomic mass is 9.89. The van der Waals surface area contributed by atoms with Crippen molar-refractivity contribution in [2.75, 3.05) is 6.54 Å². The van der Waals surface area contributed by atoms with Crippen LogP contribution in [0.25, 0.3) is 0 Å². The molecular formula is C15H23N5O2. The molecule has 1 aromatic rings. The Labute approximate surface area is 129 Å². The number of amides is 1. The maximum Gasteiger partial charge on any atom is 0.228 e. The number of primary amides is 1. The lowest BCUT2D eigenvalue weighted by Crippen LogP contribution is -2.43. The van der Waals surface area contributed by atoms with Crippen LogP contribution in [-0.4, -0.2) is 30.2 Å². The lowest BCUT2D eigenvalue weighted by molar-refractivity contribution is -0.133. The van der Waals surface area contributed by atoms with Crippen molar-refractivity contribution in [1.82, 2.24) is 5.32 Å². The SMILES string of the molecule is N=C(N)NCCCC(N)C(=O)C(Cc1ccccc1)C(N)=O. The first-order valence-electron chi connectivity index (χ1n) is 7.12. The van der Waals surface area contributed by atoms with Gasteiger partial charge in [0.05, 0.1) is 6.04 Å². The molecule has 1 amide bonds. The summed E-state index contributed by atoms with van der Waals surface area (Å²) in [5.41, 5.74) is 17.2. The van der Waals surface area contributed by atoms with Crippen molar-refractivity contribution in [2.45, 2.75) is 25.3 Å². The molecule has 7 heteroatoms. The number of hydrogen-bond donors (Lipinski definition) is 5. The molecule has 1 rings (SSSR count). The van der Waals surface area contributed by atoms with Crippen molar-refractivity contribution < 1.29 is 9.59 Å². The second-order valence-electron chi connectivity index (χ2n) is 5.14. The van der Waals surface area contributed by atoms with Gasteiger partial charge in [-0.2, -0.15) is 0 Å². The normalized spacial score (nSPS) is 13.1. The van der Waals surface area contributed by atoms with Crippen molar-refractivity contribution >= 4 is 17.6 Å². The molecule has 0 saturated carbocycles. The van der Waals surface area contributed by atoms with Crippen LogP contribution in [0.15, 0.2) is 30.3 Å². The molecule has 0 saturated heterocycles. The summed E-state index contributed by atoms with van der Waals surface area (Å²) in [6, 6.07) is 8.46. The van der Waals surface area contributed by atoms with Crippen molar-refractivity contribution in [1.29, 1.82) is 5.41 Å². The topological polar surface area (TPSA) is 148 Å². The number of nitrogens with two attached hydrogens (primary N) is 3. The van der Waals surface area contributed by atoms with E-state index in [1.165, 1.54) is 0 Å². The van der Waals surface area contributed by atoms with Gasteiger partial charge in [-0.05, 0) is 24.8 Å². The number of ketones is 1. The Morgan fingerprint density at radius 1 is 1.18 bits per heavy atom. The quantitative estimate of drug-likeness (QED) is 0.180. The third kappa shape index (κ3) is 5.92. The fourth-order valence-corrected chi connectivity index (χ4v) is 2.14. The molecule has 0 radical (unpaired) electrons. The molecular weight excluding hydrogens is 282 g/mol. The summed E-state index contributed by atoms with van der Waals surface area (Å²) < 4.78 is 0. The Bertz CT molecular complexity index is 518. The van der Waals surface area contributed by atoms with Gasteiger partial charge in [-0.25, -0.2) is 0 Å². The summed E-state index contributed by atoms with van der Waals surface area (Å²) in [7, 11) is 0. The average Bonchev–Trinajstić information content (AvgIpc) is 2.48. The second-order valence-corrected chi connectivity index (χ2v) is 5.14. The van der Waals surface area contributed by atoms with Gasteiger partial charge in [0.2, 0.25) is 5.91 Å². The molecule has 0 bridgehead atoms. The second kappa shape index (κ2) is 8.78. The predicted octanol–water partition coefficient (Wildman–Crippen LogP) is -0.510. The minimum atomic E-state index is -0.918. The summed E-state index contributed by atoms with van der Waals surface area (Å²) in [6.07, 6.45) is 1.23. The predicted molar refractivity (Wildman–Crippen MR) is 85.0 cm³/mol. The molecule has 0 heterocycles. The Kier molecular flexibility index (Phi) is 7.04. The number of Topliss-reactive ketones (excluding diaryl/α,β-unsaturated/α-hetero) is 1. The molecule has 0 spiro atoms. The minimum Gasteiger partial charge on any atom is -0.370 e. The van der Waals surface area contributed by atoms with Crippen molar-refractivity contribution in [3.63, 3.8) is 0 Å². The van der Waals surface area contributed by atoms with Gasteiger partial charge in [-0.3, -0.25) is 15.0 Å². The van der Waals surface area contributed by atoms with Crippen LogP contribution < -0.4 is 22.5 Å². The zero-order valence-electron chi connectivity index (χ0n) is 12.4. The van der Waals surface area contributed by atoms with Crippen LogP contribution in [0.3, 0.4) is 0 Å². The van der Waals surface area contributed by atoms with Crippen LogP contribution in [0.1, 0.15) is 18.4 Å². The van der Waals surface area contributed by atoms with E-state index >= 15 is 0 Å². The van der Waals surface area contributed by atoms with E-state index in [0.29, 0.717) is 19.4 Å². The van der Waals surface area contributed by atoms with Gasteiger partial charge >= 0.3 is 0 Å². The van der Waals surface area contributed by atoms with Gasteiger partial charge in [0.15, 0.2) is 11.7 Å². The molecule has 0 fully saturated rings. The maximum absolute atomic E-state index is 12.3. The van der Waals surface area contributed by atoms with Gasteiger partial charge in [0, 0.05) is 6.54 Å². The number of carbonyl (C=O) groups excluding carboxylic acids is 2. The number of benzene rings is 1. The summed E-state index contributed by atoms with van der Waals surface area (Å²) in [5.74, 6) is -2.05. The molecule has 7 nitrogen and oxygen atoms in total. The Balaban J connectivity index is 2.57. The van der Waals surface area contributed by atoms with E-state index in [1.807, 2.05) is 30.3 Å². The van der Waals surface area contributed by atoms with Crippen LogP contribution in [-0.2, 0) is 16.0 Å². The van der Waals surface area contributed by atoms with Crippen LogP contribution in [0.2, 0.25) is 0 Å². The van der Waals surface area contributed by atoms with Crippen LogP contribution in [0.4, 0.5) is 0 Å². The smallest absolute Gasteiger partial charge is 0.228 e. The van der Waals surface area contributed by atoms with Crippen molar-refractivity contribution in [2.24, 2.45) is 23.1 Å². The number of hydrogen-bond acceptors (Lipinski definition) is 4. The Hall–Kier alpha value is -2.41. The van der Waals surface area contributed by atoms with Gasteiger partial charge in [0.25, 0.3) is 0 Å². The van der Waals surface area contributed by atoms with Gasteiger partial charge < -0.3 is 22.5 Å². The molecule has 2 unspecified atom stereocenters. The maximum atomic E-state index is 12.3. The Morgan fingerprint density at radius 2 is 1.82 bits per heavy atom. The monoisotopic (exact) mass is 305 g/mol. The third-order valence-corrected chi connectivity index (χ3v) is 3.34. The average molecular weight is 305 g/mol.